The summed E-state index contributed by atoms with van der Waals surface area (Å²) in [6.07, 6.45) is 3.03. The second-order valence-corrected chi connectivity index (χ2v) is 8.89. The topological polar surface area (TPSA) is 49.9 Å². The molecule has 0 saturated carbocycles. The number of fused-ring (bicyclic) bond motifs is 1. The number of halogens is 2. The molecular weight excluding hydrogens is 431 g/mol. The van der Waals surface area contributed by atoms with Crippen molar-refractivity contribution in [2.24, 2.45) is 0 Å². The first-order valence-corrected chi connectivity index (χ1v) is 10.9. The number of Topliss-reactive ketones (excluding diaryl/α,β-unsaturated/α-hetero) is 1. The molecular formula is C25H30ClFN2O3. The minimum Gasteiger partial charge on any atom is -0.497 e. The van der Waals surface area contributed by atoms with Crippen LogP contribution in [0.4, 0.5) is 10.1 Å². The fraction of sp³-hybridized carbons (Fsp3) is 0.440. The molecule has 1 saturated heterocycles. The summed E-state index contributed by atoms with van der Waals surface area (Å²) in [6, 6.07) is 11.3. The normalized spacial score (nSPS) is 18.6. The highest BCUT2D eigenvalue weighted by molar-refractivity contribution is 6.09. The fourth-order valence-corrected chi connectivity index (χ4v) is 4.69. The molecule has 32 heavy (non-hydrogen) atoms. The number of piperidine rings is 1. The first kappa shape index (κ1) is 24.2. The lowest BCUT2D eigenvalue weighted by atomic mass is 9.86. The van der Waals surface area contributed by atoms with Crippen molar-refractivity contribution in [2.75, 3.05) is 25.1 Å². The van der Waals surface area contributed by atoms with Gasteiger partial charge in [-0.15, -0.1) is 12.4 Å². The molecule has 2 aliphatic heterocycles. The van der Waals surface area contributed by atoms with E-state index in [1.54, 1.807) is 7.11 Å². The quantitative estimate of drug-likeness (QED) is 0.571. The van der Waals surface area contributed by atoms with E-state index in [9.17, 15) is 14.0 Å². The molecule has 2 aromatic carbocycles. The van der Waals surface area contributed by atoms with Crippen LogP contribution in [0.2, 0.25) is 0 Å². The number of ether oxygens (including phenoxy) is 1. The van der Waals surface area contributed by atoms with Gasteiger partial charge in [-0.1, -0.05) is 6.42 Å². The van der Waals surface area contributed by atoms with Gasteiger partial charge in [0.2, 0.25) is 5.91 Å². The molecule has 1 amide bonds. The Bertz CT molecular complexity index is 987. The molecule has 1 unspecified atom stereocenters. The number of ketones is 1. The minimum absolute atomic E-state index is 0. The highest BCUT2D eigenvalue weighted by Gasteiger charge is 2.48. The molecule has 2 heterocycles. The van der Waals surface area contributed by atoms with Crippen LogP contribution < -0.4 is 9.64 Å². The van der Waals surface area contributed by atoms with Gasteiger partial charge in [0, 0.05) is 30.8 Å². The van der Waals surface area contributed by atoms with Gasteiger partial charge in [0.1, 0.15) is 11.6 Å². The Morgan fingerprint density at radius 1 is 1.09 bits per heavy atom. The summed E-state index contributed by atoms with van der Waals surface area (Å²) in [5.74, 6) is 0.225. The van der Waals surface area contributed by atoms with Crippen LogP contribution in [0.1, 0.15) is 55.5 Å². The summed E-state index contributed by atoms with van der Waals surface area (Å²) in [6.45, 7) is 5.53. The van der Waals surface area contributed by atoms with Gasteiger partial charge < -0.3 is 4.74 Å². The standard InChI is InChI=1S/C25H29FN2O3.ClH/c1-25(2)20-15-19(31-3)11-12-21(20)28(24(25)30)23(27-13-5-4-6-14-27)16-22(29)17-7-9-18(26)10-8-17;/h7-12,15,23H,4-6,13-14,16H2,1-3H3;1H. The number of carbonyl (C=O) groups is 2. The zero-order valence-electron chi connectivity index (χ0n) is 18.8. The lowest BCUT2D eigenvalue weighted by Gasteiger charge is -2.40. The fourth-order valence-electron chi connectivity index (χ4n) is 4.69. The van der Waals surface area contributed by atoms with E-state index in [4.69, 9.17) is 4.74 Å². The summed E-state index contributed by atoms with van der Waals surface area (Å²) in [7, 11) is 1.61. The Balaban J connectivity index is 0.00000289. The molecule has 0 aromatic heterocycles. The van der Waals surface area contributed by atoms with Crippen molar-refractivity contribution in [2.45, 2.75) is 51.1 Å². The van der Waals surface area contributed by atoms with Crippen molar-refractivity contribution >= 4 is 29.8 Å². The zero-order valence-corrected chi connectivity index (χ0v) is 19.6. The highest BCUT2D eigenvalue weighted by Crippen LogP contribution is 2.45. The predicted molar refractivity (Wildman–Crippen MR) is 125 cm³/mol. The number of nitrogens with zero attached hydrogens (tertiary/aromatic N) is 2. The Kier molecular flexibility index (Phi) is 7.25. The molecule has 2 aromatic rings. The third-order valence-corrected chi connectivity index (χ3v) is 6.53. The maximum Gasteiger partial charge on any atom is 0.238 e. The number of likely N-dealkylation sites (tertiary alicyclic amines) is 1. The molecule has 0 radical (unpaired) electrons. The molecule has 172 valence electrons. The van der Waals surface area contributed by atoms with Gasteiger partial charge in [-0.05, 0) is 74.7 Å². The third kappa shape index (κ3) is 4.39. The van der Waals surface area contributed by atoms with E-state index < -0.39 is 5.41 Å². The molecule has 2 aliphatic rings. The number of benzene rings is 2. The monoisotopic (exact) mass is 460 g/mol. The van der Waals surface area contributed by atoms with E-state index in [1.165, 1.54) is 24.3 Å². The lowest BCUT2D eigenvalue weighted by molar-refractivity contribution is -0.123. The van der Waals surface area contributed by atoms with Crippen LogP contribution in [0.5, 0.6) is 5.75 Å². The van der Waals surface area contributed by atoms with Gasteiger partial charge in [0.05, 0.1) is 18.7 Å². The average Bonchev–Trinajstić information content (AvgIpc) is 2.98. The van der Waals surface area contributed by atoms with Crippen LogP contribution in [0.15, 0.2) is 42.5 Å². The second kappa shape index (κ2) is 9.59. The Labute approximate surface area is 194 Å². The van der Waals surface area contributed by atoms with Crippen molar-refractivity contribution < 1.29 is 18.7 Å². The Morgan fingerprint density at radius 2 is 1.75 bits per heavy atom. The molecule has 1 fully saturated rings. The molecule has 0 spiro atoms. The van der Waals surface area contributed by atoms with Crippen LogP contribution in [-0.2, 0) is 10.2 Å². The first-order chi connectivity index (χ1) is 14.8. The molecule has 7 heteroatoms. The van der Waals surface area contributed by atoms with E-state index in [1.807, 2.05) is 36.9 Å². The second-order valence-electron chi connectivity index (χ2n) is 8.89. The van der Waals surface area contributed by atoms with Crippen molar-refractivity contribution in [1.29, 1.82) is 0 Å². The number of anilines is 1. The van der Waals surface area contributed by atoms with Crippen LogP contribution in [0, 0.1) is 5.82 Å². The van der Waals surface area contributed by atoms with Crippen molar-refractivity contribution in [3.05, 3.63) is 59.4 Å². The maximum atomic E-state index is 13.6. The molecule has 5 nitrogen and oxygen atoms in total. The van der Waals surface area contributed by atoms with E-state index in [-0.39, 0.29) is 42.5 Å². The Morgan fingerprint density at radius 3 is 2.38 bits per heavy atom. The van der Waals surface area contributed by atoms with Gasteiger partial charge in [-0.3, -0.25) is 19.4 Å². The smallest absolute Gasteiger partial charge is 0.238 e. The van der Waals surface area contributed by atoms with E-state index >= 15 is 0 Å². The zero-order chi connectivity index (χ0) is 22.2. The van der Waals surface area contributed by atoms with Crippen molar-refractivity contribution in [3.8, 4) is 5.75 Å². The maximum absolute atomic E-state index is 13.6. The number of carbonyl (C=O) groups excluding carboxylic acids is 2. The number of hydrogen-bond acceptors (Lipinski definition) is 4. The van der Waals surface area contributed by atoms with E-state index in [0.717, 1.165) is 43.6 Å². The van der Waals surface area contributed by atoms with Crippen LogP contribution in [-0.4, -0.2) is 43.0 Å². The van der Waals surface area contributed by atoms with Crippen LogP contribution >= 0.6 is 12.4 Å². The van der Waals surface area contributed by atoms with Crippen LogP contribution in [0.3, 0.4) is 0 Å². The summed E-state index contributed by atoms with van der Waals surface area (Å²) in [5, 5.41) is 0. The SMILES string of the molecule is COc1ccc2c(c1)C(C)(C)C(=O)N2C(CC(=O)c1ccc(F)cc1)N1CCCCC1.Cl. The summed E-state index contributed by atoms with van der Waals surface area (Å²) in [4.78, 5) is 30.8. The number of hydrogen-bond donors (Lipinski definition) is 0. The largest absolute Gasteiger partial charge is 0.497 e. The number of amides is 1. The van der Waals surface area contributed by atoms with Gasteiger partial charge in [0.25, 0.3) is 0 Å². The summed E-state index contributed by atoms with van der Waals surface area (Å²) >= 11 is 0. The van der Waals surface area contributed by atoms with Crippen molar-refractivity contribution in [1.82, 2.24) is 4.90 Å². The van der Waals surface area contributed by atoms with Crippen molar-refractivity contribution in [3.63, 3.8) is 0 Å². The van der Waals surface area contributed by atoms with Gasteiger partial charge in [0.15, 0.2) is 5.78 Å². The van der Waals surface area contributed by atoms with Gasteiger partial charge in [-0.2, -0.15) is 0 Å². The van der Waals surface area contributed by atoms with Crippen LogP contribution in [0.25, 0.3) is 0 Å². The third-order valence-electron chi connectivity index (χ3n) is 6.53. The summed E-state index contributed by atoms with van der Waals surface area (Å²) in [5.41, 5.74) is 1.49. The lowest BCUT2D eigenvalue weighted by Crippen LogP contribution is -2.54. The predicted octanol–water partition coefficient (Wildman–Crippen LogP) is 4.97. The van der Waals surface area contributed by atoms with Gasteiger partial charge in [-0.25, -0.2) is 4.39 Å². The molecule has 0 bridgehead atoms. The number of methoxy groups -OCH3 is 1. The van der Waals surface area contributed by atoms with E-state index in [2.05, 4.69) is 4.90 Å². The first-order valence-electron chi connectivity index (χ1n) is 10.9. The molecule has 1 atom stereocenters. The summed E-state index contributed by atoms with van der Waals surface area (Å²) < 4.78 is 18.7. The number of rotatable bonds is 6. The molecule has 0 N–H and O–H groups in total. The Hall–Kier alpha value is -2.44. The van der Waals surface area contributed by atoms with Gasteiger partial charge >= 0.3 is 0 Å². The molecule has 0 aliphatic carbocycles. The minimum atomic E-state index is -0.711. The van der Waals surface area contributed by atoms with E-state index in [0.29, 0.717) is 11.3 Å². The molecule has 4 rings (SSSR count). The average molecular weight is 461 g/mol. The highest BCUT2D eigenvalue weighted by atomic mass is 35.5.